The largest absolute Gasteiger partial charge is 0.270 e. The molecule has 0 bridgehead atoms. The van der Waals surface area contributed by atoms with E-state index in [0.717, 1.165) is 0 Å². The molecule has 0 fully saturated rings. The molecule has 0 radical (unpaired) electrons. The highest BCUT2D eigenvalue weighted by atomic mass is 79.9. The Labute approximate surface area is 95.7 Å². The fourth-order valence-electron chi connectivity index (χ4n) is 0.989. The maximum Gasteiger partial charge on any atom is 0.270 e. The van der Waals surface area contributed by atoms with Crippen LogP contribution in [0.2, 0.25) is 0 Å². The van der Waals surface area contributed by atoms with Gasteiger partial charge in [0.05, 0.1) is 19.5 Å². The first-order chi connectivity index (χ1) is 6.88. The zero-order valence-electron chi connectivity index (χ0n) is 7.84. The average Bonchev–Trinajstić information content (AvgIpc) is 2.17. The van der Waals surface area contributed by atoms with E-state index in [1.807, 2.05) is 0 Å². The van der Waals surface area contributed by atoms with Gasteiger partial charge in [-0.15, -0.1) is 0 Å². The molecule has 0 aliphatic carbocycles. The molecule has 1 unspecified atom stereocenters. The fraction of sp³-hybridized carbons (Fsp3) is 0.125. The second kappa shape index (κ2) is 4.30. The second-order valence-corrected chi connectivity index (χ2v) is 5.82. The van der Waals surface area contributed by atoms with Gasteiger partial charge >= 0.3 is 0 Å². The van der Waals surface area contributed by atoms with Crippen molar-refractivity contribution >= 4 is 36.7 Å². The van der Waals surface area contributed by atoms with Gasteiger partial charge in [0.25, 0.3) is 5.69 Å². The maximum absolute atomic E-state index is 11.8. The van der Waals surface area contributed by atoms with Gasteiger partial charge < -0.3 is 0 Å². The second-order valence-electron chi connectivity index (χ2n) is 2.76. The topological polar surface area (TPSA) is 86.2 Å². The molecule has 7 heteroatoms. The number of benzene rings is 1. The normalized spacial score (nSPS) is 14.3. The maximum atomic E-state index is 11.8. The van der Waals surface area contributed by atoms with E-state index in [9.17, 15) is 14.3 Å². The Morgan fingerprint density at radius 3 is 2.60 bits per heavy atom. The van der Waals surface area contributed by atoms with Crippen molar-refractivity contribution in [1.82, 2.24) is 0 Å². The Balaban J connectivity index is 3.39. The van der Waals surface area contributed by atoms with Crippen LogP contribution in [0.5, 0.6) is 0 Å². The summed E-state index contributed by atoms with van der Waals surface area (Å²) in [5.41, 5.74) is -0.0723. The quantitative estimate of drug-likeness (QED) is 0.511. The molecule has 1 atom stereocenters. The van der Waals surface area contributed by atoms with Crippen molar-refractivity contribution in [1.29, 1.82) is 0 Å². The number of nitro groups is 1. The van der Waals surface area contributed by atoms with E-state index in [-0.39, 0.29) is 5.69 Å². The number of hydrogen-bond donors (Lipinski definition) is 1. The predicted octanol–water partition coefficient (Wildman–Crippen LogP) is 1.70. The fourth-order valence-corrected chi connectivity index (χ4v) is 3.01. The lowest BCUT2D eigenvalue weighted by Gasteiger charge is -2.06. The molecule has 15 heavy (non-hydrogen) atoms. The van der Waals surface area contributed by atoms with Crippen LogP contribution in [0.1, 0.15) is 6.92 Å². The molecule has 82 valence electrons. The summed E-state index contributed by atoms with van der Waals surface area (Å²) in [6.45, 7) is 1.58. The average molecular weight is 293 g/mol. The van der Waals surface area contributed by atoms with Crippen molar-refractivity contribution in [3.63, 3.8) is 0 Å². The van der Waals surface area contributed by atoms with Gasteiger partial charge in [-0.25, -0.2) is 4.21 Å². The summed E-state index contributed by atoms with van der Waals surface area (Å²) in [7, 11) is -2.72. The molecule has 0 saturated carbocycles. The van der Waals surface area contributed by atoms with Crippen molar-refractivity contribution < 1.29 is 9.13 Å². The number of nitrogens with two attached hydrogens (primary N) is 1. The highest BCUT2D eigenvalue weighted by Crippen LogP contribution is 2.25. The molecule has 1 rings (SSSR count). The number of nitro benzene ring substituents is 1. The first-order valence-electron chi connectivity index (χ1n) is 3.94. The third kappa shape index (κ3) is 2.55. The van der Waals surface area contributed by atoms with E-state index in [2.05, 4.69) is 15.9 Å². The molecule has 0 spiro atoms. The Morgan fingerprint density at radius 2 is 2.20 bits per heavy atom. The van der Waals surface area contributed by atoms with Gasteiger partial charge in [0, 0.05) is 16.6 Å². The monoisotopic (exact) mass is 292 g/mol. The van der Waals surface area contributed by atoms with Gasteiger partial charge in [0.15, 0.2) is 0 Å². The van der Waals surface area contributed by atoms with E-state index in [4.69, 9.17) is 5.14 Å². The third-order valence-corrected chi connectivity index (χ3v) is 4.48. The van der Waals surface area contributed by atoms with Crippen molar-refractivity contribution in [2.24, 2.45) is 5.14 Å². The van der Waals surface area contributed by atoms with E-state index < -0.39 is 14.6 Å². The van der Waals surface area contributed by atoms with Gasteiger partial charge in [-0.3, -0.25) is 15.3 Å². The van der Waals surface area contributed by atoms with Crippen LogP contribution < -0.4 is 5.14 Å². The highest BCUT2D eigenvalue weighted by Gasteiger charge is 2.13. The Kier molecular flexibility index (Phi) is 3.48. The number of non-ortho nitro benzene ring substituents is 1. The minimum absolute atomic E-state index is 0.0723. The summed E-state index contributed by atoms with van der Waals surface area (Å²) in [5, 5.41) is 17.4. The molecule has 1 aromatic rings. The van der Waals surface area contributed by atoms with Crippen LogP contribution in [-0.4, -0.2) is 14.5 Å². The Hall–Kier alpha value is -0.920. The summed E-state index contributed by atoms with van der Waals surface area (Å²) >= 11 is 3.11. The number of rotatable bonds is 2. The van der Waals surface area contributed by atoms with Crippen LogP contribution in [0.15, 0.2) is 27.6 Å². The lowest BCUT2D eigenvalue weighted by Crippen LogP contribution is -2.15. The van der Waals surface area contributed by atoms with Gasteiger partial charge in [-0.05, 0) is 34.3 Å². The van der Waals surface area contributed by atoms with Crippen LogP contribution in [0.25, 0.3) is 0 Å². The molecule has 0 aliphatic rings. The minimum Gasteiger partial charge on any atom is -0.258 e. The highest BCUT2D eigenvalue weighted by molar-refractivity contribution is 9.10. The predicted molar refractivity (Wildman–Crippen MR) is 63.1 cm³/mol. The van der Waals surface area contributed by atoms with Crippen LogP contribution in [0.3, 0.4) is 0 Å². The molecular weight excluding hydrogens is 284 g/mol. The van der Waals surface area contributed by atoms with Crippen molar-refractivity contribution in [3.8, 4) is 0 Å². The van der Waals surface area contributed by atoms with Crippen molar-refractivity contribution in [2.45, 2.75) is 11.8 Å². The van der Waals surface area contributed by atoms with Crippen molar-refractivity contribution in [3.05, 3.63) is 32.8 Å². The summed E-state index contributed by atoms with van der Waals surface area (Å²) in [6.07, 6.45) is 0. The first kappa shape index (κ1) is 12.2. The van der Waals surface area contributed by atoms with E-state index in [1.165, 1.54) is 23.6 Å². The zero-order valence-corrected chi connectivity index (χ0v) is 10.2. The molecule has 5 nitrogen and oxygen atoms in total. The zero-order chi connectivity index (χ0) is 11.6. The summed E-state index contributed by atoms with van der Waals surface area (Å²) in [6, 6.07) is 3.95. The molecule has 0 aliphatic heterocycles. The molecule has 0 amide bonds. The van der Waals surface area contributed by atoms with E-state index in [1.54, 1.807) is 6.92 Å². The Morgan fingerprint density at radius 1 is 1.60 bits per heavy atom. The van der Waals surface area contributed by atoms with Crippen LogP contribution in [-0.2, 0) is 9.71 Å². The molecule has 2 N–H and O–H groups in total. The SMILES string of the molecule is CC=S(N)(=O)c1ccc([N+](=O)[O-])cc1Br. The number of halogens is 1. The van der Waals surface area contributed by atoms with Crippen LogP contribution in [0.4, 0.5) is 5.69 Å². The molecular formula is C8H9BrN2O3S. The summed E-state index contributed by atoms with van der Waals surface area (Å²) < 4.78 is 12.2. The number of nitrogens with zero attached hydrogens (tertiary/aromatic N) is 1. The lowest BCUT2D eigenvalue weighted by atomic mass is 10.3. The van der Waals surface area contributed by atoms with Gasteiger partial charge in [-0.2, -0.15) is 0 Å². The van der Waals surface area contributed by atoms with Gasteiger partial charge in [-0.1, -0.05) is 0 Å². The van der Waals surface area contributed by atoms with Crippen LogP contribution >= 0.6 is 15.9 Å². The summed E-state index contributed by atoms with van der Waals surface area (Å²) in [5.74, 6) is 0. The standard InChI is InChI=1S/C8H9BrN2O3S/c1-2-15(10,14)8-4-3-6(11(12)13)5-7(8)9/h2-5H,1H3,(H2,10,14). The first-order valence-corrected chi connectivity index (χ1v) is 6.41. The van der Waals surface area contributed by atoms with E-state index in [0.29, 0.717) is 9.37 Å². The molecule has 1 aromatic carbocycles. The lowest BCUT2D eigenvalue weighted by molar-refractivity contribution is -0.385. The third-order valence-electron chi connectivity index (χ3n) is 1.82. The molecule has 0 aromatic heterocycles. The Bertz CT molecular complexity index is 521. The van der Waals surface area contributed by atoms with E-state index >= 15 is 0 Å². The molecule has 0 saturated heterocycles. The van der Waals surface area contributed by atoms with Crippen molar-refractivity contribution in [2.75, 3.05) is 0 Å². The molecule has 0 heterocycles. The van der Waals surface area contributed by atoms with Crippen LogP contribution in [0, 0.1) is 10.1 Å². The minimum atomic E-state index is -2.72. The smallest absolute Gasteiger partial charge is 0.258 e. The summed E-state index contributed by atoms with van der Waals surface area (Å²) in [4.78, 5) is 10.3. The number of hydrogen-bond acceptors (Lipinski definition) is 3. The van der Waals surface area contributed by atoms with Gasteiger partial charge in [0.2, 0.25) is 0 Å². The van der Waals surface area contributed by atoms with Gasteiger partial charge in [0.1, 0.15) is 0 Å².